The van der Waals surface area contributed by atoms with Crippen molar-refractivity contribution in [3.8, 4) is 28.4 Å². The van der Waals surface area contributed by atoms with Gasteiger partial charge in [-0.15, -0.1) is 0 Å². The van der Waals surface area contributed by atoms with Gasteiger partial charge >= 0.3 is 12.1 Å². The molecule has 0 radical (unpaired) electrons. The first-order chi connectivity index (χ1) is 19.5. The van der Waals surface area contributed by atoms with Crippen LogP contribution in [-0.2, 0) is 17.4 Å². The highest BCUT2D eigenvalue weighted by molar-refractivity contribution is 5.82. The van der Waals surface area contributed by atoms with Crippen LogP contribution in [0, 0.1) is 19.7 Å². The summed E-state index contributed by atoms with van der Waals surface area (Å²) in [5, 5.41) is 12.8. The zero-order valence-corrected chi connectivity index (χ0v) is 24.1. The maximum absolute atomic E-state index is 14.0. The van der Waals surface area contributed by atoms with Crippen LogP contribution in [0.3, 0.4) is 0 Å². The minimum absolute atomic E-state index is 0.242. The molecule has 3 aromatic rings. The normalized spacial score (nSPS) is 17.6. The van der Waals surface area contributed by atoms with E-state index in [0.717, 1.165) is 0 Å². The maximum atomic E-state index is 14.0. The number of nitrogens with one attached hydrogen (secondary N) is 1. The number of ether oxygens (including phenoxy) is 2. The summed E-state index contributed by atoms with van der Waals surface area (Å²) in [5.74, 6) is -1.28. The van der Waals surface area contributed by atoms with E-state index in [1.165, 1.54) is 22.8 Å². The van der Waals surface area contributed by atoms with E-state index in [1.807, 2.05) is 5.32 Å². The number of halogens is 4. The highest BCUT2D eigenvalue weighted by atomic mass is 19.4. The molecule has 4 rings (SSSR count). The lowest BCUT2D eigenvalue weighted by molar-refractivity contribution is -0.174. The second-order valence-corrected chi connectivity index (χ2v) is 11.3. The lowest BCUT2D eigenvalue weighted by atomic mass is 9.92. The number of rotatable bonds is 7. The fourth-order valence-electron chi connectivity index (χ4n) is 5.06. The third-order valence-electron chi connectivity index (χ3n) is 7.36. The topological polar surface area (TPSA) is 89.8 Å². The number of pyridine rings is 1. The Hall–Kier alpha value is -3.86. The molecule has 0 spiro atoms. The minimum atomic E-state index is -4.95. The molecule has 226 valence electrons. The van der Waals surface area contributed by atoms with Crippen molar-refractivity contribution in [3.63, 3.8) is 0 Å². The number of nitrogens with zero attached hydrogens (tertiary/aromatic N) is 1. The van der Waals surface area contributed by atoms with Gasteiger partial charge in [0, 0.05) is 36.5 Å². The first-order valence-electron chi connectivity index (χ1n) is 13.6. The molecule has 1 fully saturated rings. The third kappa shape index (κ3) is 7.13. The van der Waals surface area contributed by atoms with Crippen molar-refractivity contribution in [1.29, 1.82) is 0 Å². The van der Waals surface area contributed by atoms with Crippen LogP contribution in [0.15, 0.2) is 47.4 Å². The Morgan fingerprint density at radius 3 is 2.17 bits per heavy atom. The Morgan fingerprint density at radius 2 is 1.60 bits per heavy atom. The van der Waals surface area contributed by atoms with E-state index in [2.05, 4.69) is 0 Å². The number of carbonyl (C=O) groups is 1. The quantitative estimate of drug-likeness (QED) is 0.320. The first-order valence-corrected chi connectivity index (χ1v) is 13.6. The number of amides is 1. The second kappa shape index (κ2) is 11.8. The van der Waals surface area contributed by atoms with Gasteiger partial charge in [0.05, 0.1) is 11.7 Å². The zero-order valence-electron chi connectivity index (χ0n) is 24.1. The number of carbonyl (C=O) groups excluding carboxylic acids is 1. The number of aryl methyl sites for hydroxylation is 3. The van der Waals surface area contributed by atoms with Gasteiger partial charge in [0.25, 0.3) is 5.56 Å². The molecule has 0 aliphatic heterocycles. The average Bonchev–Trinajstić information content (AvgIpc) is 2.88. The Labute approximate surface area is 241 Å². The van der Waals surface area contributed by atoms with Crippen LogP contribution in [-0.4, -0.2) is 33.9 Å². The van der Waals surface area contributed by atoms with Gasteiger partial charge in [-0.05, 0) is 94.3 Å². The molecule has 1 aliphatic carbocycles. The average molecular weight is 591 g/mol. The van der Waals surface area contributed by atoms with Crippen LogP contribution in [0.5, 0.6) is 17.2 Å². The van der Waals surface area contributed by atoms with Crippen molar-refractivity contribution in [1.82, 2.24) is 9.88 Å². The van der Waals surface area contributed by atoms with Gasteiger partial charge in [-0.1, -0.05) is 6.07 Å². The van der Waals surface area contributed by atoms with Crippen molar-refractivity contribution in [3.05, 3.63) is 75.5 Å². The van der Waals surface area contributed by atoms with Crippen molar-refractivity contribution >= 4 is 5.91 Å². The Balaban J connectivity index is 1.70. The largest absolute Gasteiger partial charge is 0.490 e. The van der Waals surface area contributed by atoms with Gasteiger partial charge in [-0.25, -0.2) is 4.39 Å². The van der Waals surface area contributed by atoms with E-state index in [4.69, 9.17) is 9.47 Å². The molecule has 1 amide bonds. The molecule has 0 saturated heterocycles. The number of alkyl halides is 3. The van der Waals surface area contributed by atoms with Crippen LogP contribution in [0.1, 0.15) is 56.2 Å². The predicted octanol–water partition coefficient (Wildman–Crippen LogP) is 6.20. The van der Waals surface area contributed by atoms with Gasteiger partial charge in [0.15, 0.2) is 0 Å². The van der Waals surface area contributed by atoms with Crippen molar-refractivity contribution in [2.45, 2.75) is 77.3 Å². The molecule has 1 aliphatic rings. The highest BCUT2D eigenvalue weighted by Gasteiger charge is 2.40. The highest BCUT2D eigenvalue weighted by Crippen LogP contribution is 2.42. The van der Waals surface area contributed by atoms with Crippen LogP contribution in [0.25, 0.3) is 11.1 Å². The SMILES string of the molecule is Cc1cc(F)cc(C)c1Oc1ccc(C(C)(C)O)cc1-c1cn(C)c(=O)cc1O[C@H]1CC[C@H](NC(=O)C(F)(F)F)CC1. The fraction of sp³-hybridized carbons (Fsp3) is 0.419. The van der Waals surface area contributed by atoms with Gasteiger partial charge < -0.3 is 24.5 Å². The molecule has 42 heavy (non-hydrogen) atoms. The molecule has 1 heterocycles. The predicted molar refractivity (Wildman–Crippen MR) is 149 cm³/mol. The monoisotopic (exact) mass is 590 g/mol. The van der Waals surface area contributed by atoms with Crippen LogP contribution in [0.4, 0.5) is 17.6 Å². The Kier molecular flexibility index (Phi) is 8.73. The fourth-order valence-corrected chi connectivity index (χ4v) is 5.06. The molecule has 11 heteroatoms. The molecule has 1 aromatic heterocycles. The van der Waals surface area contributed by atoms with E-state index in [9.17, 15) is 32.3 Å². The van der Waals surface area contributed by atoms with Gasteiger partial charge in [-0.2, -0.15) is 13.2 Å². The standard InChI is InChI=1S/C31H34F4N2O5/c1-17-12-20(32)13-18(2)28(17)42-25-11-6-19(30(3,4)40)14-23(25)24-16-37(5)27(38)15-26(24)41-22-9-7-21(8-10-22)36-29(39)31(33,34)35/h6,11-16,21-22,40H,7-10H2,1-5H3,(H,36,39)/t21-,22-. The summed E-state index contributed by atoms with van der Waals surface area (Å²) < 4.78 is 65.9. The lowest BCUT2D eigenvalue weighted by Gasteiger charge is -2.30. The summed E-state index contributed by atoms with van der Waals surface area (Å²) >= 11 is 0. The summed E-state index contributed by atoms with van der Waals surface area (Å²) in [6, 6.07) is 8.57. The Morgan fingerprint density at radius 1 is 0.976 bits per heavy atom. The lowest BCUT2D eigenvalue weighted by Crippen LogP contribution is -2.45. The van der Waals surface area contributed by atoms with E-state index in [-0.39, 0.29) is 24.2 Å². The summed E-state index contributed by atoms with van der Waals surface area (Å²) in [6.07, 6.45) is -2.51. The molecular weight excluding hydrogens is 556 g/mol. The summed E-state index contributed by atoms with van der Waals surface area (Å²) in [4.78, 5) is 24.0. The minimum Gasteiger partial charge on any atom is -0.490 e. The van der Waals surface area contributed by atoms with Crippen LogP contribution < -0.4 is 20.3 Å². The molecule has 1 saturated carbocycles. The molecule has 0 bridgehead atoms. The van der Waals surface area contributed by atoms with Gasteiger partial charge in [0.1, 0.15) is 23.1 Å². The maximum Gasteiger partial charge on any atom is 0.471 e. The number of hydrogen-bond acceptors (Lipinski definition) is 5. The van der Waals surface area contributed by atoms with E-state index in [1.54, 1.807) is 59.1 Å². The molecule has 7 nitrogen and oxygen atoms in total. The number of aromatic nitrogens is 1. The second-order valence-electron chi connectivity index (χ2n) is 11.3. The number of benzene rings is 2. The van der Waals surface area contributed by atoms with E-state index < -0.39 is 35.6 Å². The van der Waals surface area contributed by atoms with Crippen molar-refractivity contribution in [2.75, 3.05) is 0 Å². The summed E-state index contributed by atoms with van der Waals surface area (Å²) in [7, 11) is 1.58. The Bertz CT molecular complexity index is 1510. The first kappa shape index (κ1) is 31.1. The third-order valence-corrected chi connectivity index (χ3v) is 7.36. The summed E-state index contributed by atoms with van der Waals surface area (Å²) in [6.45, 7) is 6.72. The summed E-state index contributed by atoms with van der Waals surface area (Å²) in [5.41, 5.74) is 1.17. The molecule has 0 unspecified atom stereocenters. The van der Waals surface area contributed by atoms with Gasteiger partial charge in [-0.3, -0.25) is 9.59 Å². The number of hydrogen-bond donors (Lipinski definition) is 2. The molecule has 2 aromatic carbocycles. The van der Waals surface area contributed by atoms with Crippen LogP contribution in [0.2, 0.25) is 0 Å². The smallest absolute Gasteiger partial charge is 0.471 e. The zero-order chi connectivity index (χ0) is 31.0. The molecule has 0 atom stereocenters. The molecule has 2 N–H and O–H groups in total. The van der Waals surface area contributed by atoms with E-state index >= 15 is 0 Å². The van der Waals surface area contributed by atoms with Crippen molar-refractivity contribution in [2.24, 2.45) is 7.05 Å². The van der Waals surface area contributed by atoms with Gasteiger partial charge in [0.2, 0.25) is 0 Å². The van der Waals surface area contributed by atoms with Crippen molar-refractivity contribution < 1.29 is 36.9 Å². The molecular formula is C31H34F4N2O5. The van der Waals surface area contributed by atoms with E-state index in [0.29, 0.717) is 52.2 Å². The number of aliphatic hydroxyl groups is 1. The van der Waals surface area contributed by atoms with Crippen LogP contribution >= 0.6 is 0 Å².